The highest BCUT2D eigenvalue weighted by molar-refractivity contribution is 6.38. The third kappa shape index (κ3) is 8.81. The predicted molar refractivity (Wildman–Crippen MR) is 151 cm³/mol. The van der Waals surface area contributed by atoms with Crippen LogP contribution in [-0.2, 0) is 19.2 Å². The molecule has 3 amide bonds. The van der Waals surface area contributed by atoms with Gasteiger partial charge >= 0.3 is 0 Å². The Morgan fingerprint density at radius 1 is 1.11 bits per heavy atom. The van der Waals surface area contributed by atoms with Crippen molar-refractivity contribution in [1.82, 2.24) is 15.5 Å². The highest BCUT2D eigenvalue weighted by Gasteiger charge is 2.41. The monoisotopic (exact) mass is 525 g/mol. The average Bonchev–Trinajstić information content (AvgIpc) is 3.38. The maximum Gasteiger partial charge on any atom is 0.289 e. The van der Waals surface area contributed by atoms with Crippen LogP contribution in [0.5, 0.6) is 0 Å². The highest BCUT2D eigenvalue weighted by atomic mass is 16.2. The van der Waals surface area contributed by atoms with Gasteiger partial charge in [0.2, 0.25) is 17.6 Å². The fourth-order valence-corrected chi connectivity index (χ4v) is 5.24. The second-order valence-electron chi connectivity index (χ2n) is 11.6. The summed E-state index contributed by atoms with van der Waals surface area (Å²) in [5.74, 6) is -1.56. The molecule has 0 radical (unpaired) electrons. The minimum Gasteiger partial charge on any atom is -0.346 e. The number of hydrogen-bond donors (Lipinski definition) is 2. The van der Waals surface area contributed by atoms with Crippen molar-refractivity contribution in [2.45, 2.75) is 97.6 Å². The van der Waals surface area contributed by atoms with Crippen LogP contribution in [0.25, 0.3) is 0 Å². The number of benzene rings is 1. The zero-order valence-electron chi connectivity index (χ0n) is 23.9. The number of nitrogens with one attached hydrogen (secondary N) is 2. The Labute approximate surface area is 228 Å². The molecule has 1 aliphatic rings. The first-order valence-corrected chi connectivity index (χ1v) is 14.1. The van der Waals surface area contributed by atoms with E-state index in [1.165, 1.54) is 11.6 Å². The first-order chi connectivity index (χ1) is 18.0. The lowest BCUT2D eigenvalue weighted by atomic mass is 9.76. The molecular formula is C31H47N3O4. The van der Waals surface area contributed by atoms with E-state index in [9.17, 15) is 19.2 Å². The summed E-state index contributed by atoms with van der Waals surface area (Å²) < 4.78 is 0. The standard InChI is InChI=1S/C31H47N3O4/c1-7-14-25(27(35)29(37)32-20-8-2)33-28(36)26-19-13-21-34(26)30(38)24(31(4,5)6)18-12-15-22(3)23-16-10-9-11-17-23/h8-11,16-17,22,24-26H,2,7,12-15,18-21H2,1,3-6H3,(H,32,37)(H,33,36). The van der Waals surface area contributed by atoms with Crippen LogP contribution in [0.1, 0.15) is 91.0 Å². The Kier molecular flexibility index (Phi) is 12.2. The van der Waals surface area contributed by atoms with E-state index in [0.29, 0.717) is 31.7 Å². The van der Waals surface area contributed by atoms with Crippen molar-refractivity contribution >= 4 is 23.5 Å². The lowest BCUT2D eigenvalue weighted by molar-refractivity contribution is -0.146. The highest BCUT2D eigenvalue weighted by Crippen LogP contribution is 2.35. The second kappa shape index (κ2) is 14.8. The Bertz CT molecular complexity index is 954. The second-order valence-corrected chi connectivity index (χ2v) is 11.6. The van der Waals surface area contributed by atoms with E-state index in [2.05, 4.69) is 69.2 Å². The number of carbonyl (C=O) groups is 4. The Morgan fingerprint density at radius 2 is 1.79 bits per heavy atom. The van der Waals surface area contributed by atoms with Gasteiger partial charge in [0.25, 0.3) is 5.91 Å². The molecule has 210 valence electrons. The number of ketones is 1. The molecule has 38 heavy (non-hydrogen) atoms. The normalized spacial score (nSPS) is 17.8. The smallest absolute Gasteiger partial charge is 0.289 e. The maximum atomic E-state index is 13.8. The topological polar surface area (TPSA) is 95.6 Å². The molecule has 1 aromatic carbocycles. The van der Waals surface area contributed by atoms with Crippen LogP contribution in [-0.4, -0.2) is 53.6 Å². The maximum absolute atomic E-state index is 13.8. The van der Waals surface area contributed by atoms with Crippen molar-refractivity contribution in [3.63, 3.8) is 0 Å². The molecule has 1 fully saturated rings. The van der Waals surface area contributed by atoms with E-state index < -0.39 is 23.8 Å². The van der Waals surface area contributed by atoms with Crippen LogP contribution in [0.2, 0.25) is 0 Å². The van der Waals surface area contributed by atoms with Gasteiger partial charge in [0.1, 0.15) is 6.04 Å². The quantitative estimate of drug-likeness (QED) is 0.270. The van der Waals surface area contributed by atoms with E-state index in [0.717, 1.165) is 25.7 Å². The molecule has 2 N–H and O–H groups in total. The molecule has 0 bridgehead atoms. The molecule has 0 saturated carbocycles. The van der Waals surface area contributed by atoms with Crippen LogP contribution < -0.4 is 10.6 Å². The molecule has 1 saturated heterocycles. The number of Topliss-reactive ketones (excluding diaryl/α,β-unsaturated/α-hetero) is 1. The van der Waals surface area contributed by atoms with Gasteiger partial charge in [-0.3, -0.25) is 19.2 Å². The molecule has 7 heteroatoms. The van der Waals surface area contributed by atoms with Crippen LogP contribution >= 0.6 is 0 Å². The third-order valence-electron chi connectivity index (χ3n) is 7.52. The van der Waals surface area contributed by atoms with E-state index in [-0.39, 0.29) is 29.7 Å². The van der Waals surface area contributed by atoms with E-state index >= 15 is 0 Å². The third-order valence-corrected chi connectivity index (χ3v) is 7.52. The zero-order chi connectivity index (χ0) is 28.3. The summed E-state index contributed by atoms with van der Waals surface area (Å²) >= 11 is 0. The summed E-state index contributed by atoms with van der Waals surface area (Å²) in [6, 6.07) is 8.88. The van der Waals surface area contributed by atoms with Crippen molar-refractivity contribution in [3.8, 4) is 0 Å². The van der Waals surface area contributed by atoms with Crippen LogP contribution in [0.4, 0.5) is 0 Å². The van der Waals surface area contributed by atoms with Gasteiger partial charge in [-0.1, -0.05) is 83.9 Å². The number of carbonyl (C=O) groups excluding carboxylic acids is 4. The molecule has 0 aromatic heterocycles. The molecule has 1 aliphatic heterocycles. The SMILES string of the molecule is C=CCNC(=O)C(=O)C(CCC)NC(=O)C1CCCN1C(=O)C(CCCC(C)c1ccccc1)C(C)(C)C. The van der Waals surface area contributed by atoms with Crippen LogP contribution in [0, 0.1) is 11.3 Å². The molecule has 1 aromatic rings. The fraction of sp³-hybridized carbons (Fsp3) is 0.613. The zero-order valence-corrected chi connectivity index (χ0v) is 23.9. The molecule has 0 spiro atoms. The predicted octanol–water partition coefficient (Wildman–Crippen LogP) is 4.77. The average molecular weight is 526 g/mol. The first-order valence-electron chi connectivity index (χ1n) is 14.1. The van der Waals surface area contributed by atoms with Crippen LogP contribution in [0.3, 0.4) is 0 Å². The Balaban J connectivity index is 2.07. The minimum atomic E-state index is -0.909. The van der Waals surface area contributed by atoms with E-state index in [1.54, 1.807) is 4.90 Å². The number of nitrogens with zero attached hydrogens (tertiary/aromatic N) is 1. The van der Waals surface area contributed by atoms with Crippen LogP contribution in [0.15, 0.2) is 43.0 Å². The molecule has 1 heterocycles. The Hall–Kier alpha value is -2.96. The van der Waals surface area contributed by atoms with Crippen molar-refractivity contribution in [3.05, 3.63) is 48.6 Å². The summed E-state index contributed by atoms with van der Waals surface area (Å²) in [6.07, 6.45) is 6.43. The summed E-state index contributed by atoms with van der Waals surface area (Å²) in [7, 11) is 0. The molecule has 4 atom stereocenters. The van der Waals surface area contributed by atoms with Crippen molar-refractivity contribution in [1.29, 1.82) is 0 Å². The van der Waals surface area contributed by atoms with Crippen molar-refractivity contribution in [2.24, 2.45) is 11.3 Å². The lowest BCUT2D eigenvalue weighted by Crippen LogP contribution is -2.54. The van der Waals surface area contributed by atoms with Gasteiger partial charge in [-0.15, -0.1) is 6.58 Å². The molecule has 4 unspecified atom stereocenters. The number of rotatable bonds is 14. The molecular weight excluding hydrogens is 478 g/mol. The summed E-state index contributed by atoms with van der Waals surface area (Å²) in [4.78, 5) is 53.7. The molecule has 0 aliphatic carbocycles. The van der Waals surface area contributed by atoms with Gasteiger partial charge in [-0.2, -0.15) is 0 Å². The fourth-order valence-electron chi connectivity index (χ4n) is 5.24. The first kappa shape index (κ1) is 31.3. The van der Waals surface area contributed by atoms with Gasteiger partial charge in [-0.25, -0.2) is 0 Å². The lowest BCUT2D eigenvalue weighted by Gasteiger charge is -2.35. The van der Waals surface area contributed by atoms with Gasteiger partial charge < -0.3 is 15.5 Å². The summed E-state index contributed by atoms with van der Waals surface area (Å²) in [5.41, 5.74) is 1.05. The summed E-state index contributed by atoms with van der Waals surface area (Å²) in [5, 5.41) is 5.27. The number of likely N-dealkylation sites (tertiary alicyclic amines) is 1. The van der Waals surface area contributed by atoms with E-state index in [4.69, 9.17) is 0 Å². The minimum absolute atomic E-state index is 0.00427. The number of hydrogen-bond acceptors (Lipinski definition) is 4. The van der Waals surface area contributed by atoms with Gasteiger partial charge in [-0.05, 0) is 49.0 Å². The Morgan fingerprint density at radius 3 is 2.39 bits per heavy atom. The molecule has 7 nitrogen and oxygen atoms in total. The largest absolute Gasteiger partial charge is 0.346 e. The van der Waals surface area contributed by atoms with Crippen molar-refractivity contribution < 1.29 is 19.2 Å². The number of amides is 3. The van der Waals surface area contributed by atoms with Gasteiger partial charge in [0.05, 0.1) is 6.04 Å². The van der Waals surface area contributed by atoms with Gasteiger partial charge in [0, 0.05) is 19.0 Å². The molecule has 2 rings (SSSR count). The van der Waals surface area contributed by atoms with E-state index in [1.807, 2.05) is 13.0 Å². The van der Waals surface area contributed by atoms with Gasteiger partial charge in [0.15, 0.2) is 0 Å². The summed E-state index contributed by atoms with van der Waals surface area (Å²) in [6.45, 7) is 14.6. The van der Waals surface area contributed by atoms with Crippen molar-refractivity contribution in [2.75, 3.05) is 13.1 Å².